The number of carbonyl (C=O) groups is 1. The Morgan fingerprint density at radius 2 is 2.26 bits per heavy atom. The number of hydrogen-bond donors (Lipinski definition) is 1. The van der Waals surface area contributed by atoms with Crippen molar-refractivity contribution in [2.45, 2.75) is 26.4 Å². The largest absolute Gasteiger partial charge is 0.345 e. The molecule has 2 aromatic heterocycles. The molecule has 0 atom stereocenters. The highest BCUT2D eigenvalue weighted by Crippen LogP contribution is 2.19. The number of rotatable bonds is 4. The van der Waals surface area contributed by atoms with E-state index >= 15 is 0 Å². The summed E-state index contributed by atoms with van der Waals surface area (Å²) in [6.07, 6.45) is 3.77. The molecule has 0 saturated heterocycles. The fourth-order valence-electron chi connectivity index (χ4n) is 1.87. The molecule has 19 heavy (non-hydrogen) atoms. The minimum absolute atomic E-state index is 0.0925. The van der Waals surface area contributed by atoms with Crippen LogP contribution in [0.2, 0.25) is 0 Å². The van der Waals surface area contributed by atoms with Gasteiger partial charge in [0.2, 0.25) is 0 Å². The predicted octanol–water partition coefficient (Wildman–Crippen LogP) is 2.50. The SMILES string of the molecule is CC(C)n1cc(Br)cc1C(=O)NCc1ccn(C)n1. The molecular weight excluding hydrogens is 308 g/mol. The number of aryl methyl sites for hydroxylation is 1. The quantitative estimate of drug-likeness (QED) is 0.939. The van der Waals surface area contributed by atoms with Gasteiger partial charge in [-0.1, -0.05) is 0 Å². The van der Waals surface area contributed by atoms with Crippen LogP contribution in [0.5, 0.6) is 0 Å². The van der Waals surface area contributed by atoms with Gasteiger partial charge in [0.05, 0.1) is 12.2 Å². The van der Waals surface area contributed by atoms with E-state index in [1.165, 1.54) is 0 Å². The summed E-state index contributed by atoms with van der Waals surface area (Å²) in [5, 5.41) is 7.11. The lowest BCUT2D eigenvalue weighted by Crippen LogP contribution is -2.26. The van der Waals surface area contributed by atoms with Gasteiger partial charge in [-0.05, 0) is 41.9 Å². The zero-order chi connectivity index (χ0) is 14.0. The van der Waals surface area contributed by atoms with E-state index in [0.717, 1.165) is 10.2 Å². The molecule has 0 fully saturated rings. The molecular formula is C13H17BrN4O. The molecule has 102 valence electrons. The van der Waals surface area contributed by atoms with Crippen LogP contribution < -0.4 is 5.32 Å². The highest BCUT2D eigenvalue weighted by atomic mass is 79.9. The highest BCUT2D eigenvalue weighted by molar-refractivity contribution is 9.10. The van der Waals surface area contributed by atoms with Crippen molar-refractivity contribution in [3.8, 4) is 0 Å². The van der Waals surface area contributed by atoms with Crippen molar-refractivity contribution >= 4 is 21.8 Å². The first-order valence-corrected chi connectivity index (χ1v) is 6.90. The third-order valence-electron chi connectivity index (χ3n) is 2.80. The van der Waals surface area contributed by atoms with Crippen molar-refractivity contribution in [3.63, 3.8) is 0 Å². The molecule has 0 spiro atoms. The maximum Gasteiger partial charge on any atom is 0.268 e. The van der Waals surface area contributed by atoms with Crippen molar-refractivity contribution in [2.75, 3.05) is 0 Å². The van der Waals surface area contributed by atoms with Gasteiger partial charge in [-0.2, -0.15) is 5.10 Å². The Bertz CT molecular complexity index is 585. The van der Waals surface area contributed by atoms with Crippen LogP contribution >= 0.6 is 15.9 Å². The van der Waals surface area contributed by atoms with Gasteiger partial charge in [0.1, 0.15) is 5.69 Å². The van der Waals surface area contributed by atoms with E-state index in [9.17, 15) is 4.79 Å². The molecule has 2 rings (SSSR count). The number of aromatic nitrogens is 3. The van der Waals surface area contributed by atoms with Crippen LogP contribution in [0.3, 0.4) is 0 Å². The molecule has 2 heterocycles. The standard InChI is InChI=1S/C13H17BrN4O/c1-9(2)18-8-10(14)6-12(18)13(19)15-7-11-4-5-17(3)16-11/h4-6,8-9H,7H2,1-3H3,(H,15,19). The molecule has 0 saturated carbocycles. The van der Waals surface area contributed by atoms with E-state index in [2.05, 4.69) is 26.3 Å². The van der Waals surface area contributed by atoms with Crippen LogP contribution in [0.1, 0.15) is 36.1 Å². The Kier molecular flexibility index (Phi) is 4.09. The van der Waals surface area contributed by atoms with Crippen LogP contribution in [0, 0.1) is 0 Å². The summed E-state index contributed by atoms with van der Waals surface area (Å²) in [5.41, 5.74) is 1.50. The third-order valence-corrected chi connectivity index (χ3v) is 3.24. The first kappa shape index (κ1) is 13.9. The first-order valence-electron chi connectivity index (χ1n) is 6.11. The van der Waals surface area contributed by atoms with Crippen LogP contribution in [0.4, 0.5) is 0 Å². The molecule has 6 heteroatoms. The first-order chi connectivity index (χ1) is 8.97. The molecule has 0 bridgehead atoms. The topological polar surface area (TPSA) is 51.9 Å². The monoisotopic (exact) mass is 324 g/mol. The van der Waals surface area contributed by atoms with Crippen molar-refractivity contribution in [1.82, 2.24) is 19.7 Å². The number of nitrogens with zero attached hydrogens (tertiary/aromatic N) is 3. The molecule has 0 aliphatic heterocycles. The van der Waals surface area contributed by atoms with Crippen molar-refractivity contribution in [1.29, 1.82) is 0 Å². The fourth-order valence-corrected chi connectivity index (χ4v) is 2.31. The lowest BCUT2D eigenvalue weighted by molar-refractivity contribution is 0.0939. The average molecular weight is 325 g/mol. The van der Waals surface area contributed by atoms with E-state index in [4.69, 9.17) is 0 Å². The van der Waals surface area contributed by atoms with Crippen molar-refractivity contribution in [3.05, 3.63) is 40.4 Å². The molecule has 0 aliphatic rings. The molecule has 1 N–H and O–H groups in total. The Labute approximate surface area is 120 Å². The van der Waals surface area contributed by atoms with Crippen molar-refractivity contribution in [2.24, 2.45) is 7.05 Å². The molecule has 1 amide bonds. The third kappa shape index (κ3) is 3.26. The molecule has 0 radical (unpaired) electrons. The summed E-state index contributed by atoms with van der Waals surface area (Å²) in [6.45, 7) is 4.52. The Hall–Kier alpha value is -1.56. The number of amides is 1. The number of nitrogens with one attached hydrogen (secondary N) is 1. The van der Waals surface area contributed by atoms with E-state index in [1.807, 2.05) is 50.0 Å². The van der Waals surface area contributed by atoms with Crippen molar-refractivity contribution < 1.29 is 4.79 Å². The van der Waals surface area contributed by atoms with E-state index < -0.39 is 0 Å². The van der Waals surface area contributed by atoms with Crippen LogP contribution in [0.15, 0.2) is 29.0 Å². The van der Waals surface area contributed by atoms with Gasteiger partial charge in [0, 0.05) is 30.0 Å². The van der Waals surface area contributed by atoms with Crippen LogP contribution in [-0.4, -0.2) is 20.3 Å². The summed E-state index contributed by atoms with van der Waals surface area (Å²) in [6, 6.07) is 3.95. The molecule has 5 nitrogen and oxygen atoms in total. The zero-order valence-corrected chi connectivity index (χ0v) is 12.8. The summed E-state index contributed by atoms with van der Waals surface area (Å²) in [4.78, 5) is 12.2. The normalized spacial score (nSPS) is 11.0. The Balaban J connectivity index is 2.07. The maximum absolute atomic E-state index is 12.2. The second-order valence-electron chi connectivity index (χ2n) is 4.71. The number of halogens is 1. The summed E-state index contributed by atoms with van der Waals surface area (Å²) in [5.74, 6) is -0.0925. The molecule has 0 unspecified atom stereocenters. The van der Waals surface area contributed by atoms with Gasteiger partial charge in [-0.15, -0.1) is 0 Å². The van der Waals surface area contributed by atoms with Gasteiger partial charge < -0.3 is 9.88 Å². The maximum atomic E-state index is 12.2. The van der Waals surface area contributed by atoms with Gasteiger partial charge in [-0.3, -0.25) is 9.48 Å². The molecule has 0 aliphatic carbocycles. The number of carbonyl (C=O) groups excluding carboxylic acids is 1. The predicted molar refractivity (Wildman–Crippen MR) is 76.9 cm³/mol. The average Bonchev–Trinajstić information content (AvgIpc) is 2.92. The summed E-state index contributed by atoms with van der Waals surface area (Å²) in [7, 11) is 1.85. The zero-order valence-electron chi connectivity index (χ0n) is 11.2. The lowest BCUT2D eigenvalue weighted by atomic mass is 10.3. The second kappa shape index (κ2) is 5.61. The lowest BCUT2D eigenvalue weighted by Gasteiger charge is -2.12. The summed E-state index contributed by atoms with van der Waals surface area (Å²) >= 11 is 3.40. The minimum atomic E-state index is -0.0925. The van der Waals surface area contributed by atoms with Crippen LogP contribution in [-0.2, 0) is 13.6 Å². The highest BCUT2D eigenvalue weighted by Gasteiger charge is 2.14. The van der Waals surface area contributed by atoms with Gasteiger partial charge in [0.25, 0.3) is 5.91 Å². The number of hydrogen-bond acceptors (Lipinski definition) is 2. The van der Waals surface area contributed by atoms with E-state index in [1.54, 1.807) is 4.68 Å². The van der Waals surface area contributed by atoms with Crippen LogP contribution in [0.25, 0.3) is 0 Å². The van der Waals surface area contributed by atoms with Gasteiger partial charge in [0.15, 0.2) is 0 Å². The van der Waals surface area contributed by atoms with E-state index in [0.29, 0.717) is 12.2 Å². The smallest absolute Gasteiger partial charge is 0.268 e. The molecule has 2 aromatic rings. The summed E-state index contributed by atoms with van der Waals surface area (Å²) < 4.78 is 4.57. The van der Waals surface area contributed by atoms with Gasteiger partial charge >= 0.3 is 0 Å². The second-order valence-corrected chi connectivity index (χ2v) is 5.62. The minimum Gasteiger partial charge on any atom is -0.345 e. The Morgan fingerprint density at radius 3 is 2.84 bits per heavy atom. The molecule has 0 aromatic carbocycles. The van der Waals surface area contributed by atoms with Gasteiger partial charge in [-0.25, -0.2) is 0 Å². The fraction of sp³-hybridized carbons (Fsp3) is 0.385. The Morgan fingerprint density at radius 1 is 1.53 bits per heavy atom. The van der Waals surface area contributed by atoms with E-state index in [-0.39, 0.29) is 11.9 Å².